The fourth-order valence-electron chi connectivity index (χ4n) is 3.79. The number of fused-ring (bicyclic) bond motifs is 3. The van der Waals surface area contributed by atoms with Gasteiger partial charge in [-0.25, -0.2) is 0 Å². The monoisotopic (exact) mass is 307 g/mol. The van der Waals surface area contributed by atoms with Gasteiger partial charge in [0.15, 0.2) is 11.2 Å². The number of aliphatic hydroxyl groups excluding tert-OH is 1. The Hall–Kier alpha value is -1.76. The minimum Gasteiger partial charge on any atom is -0.507 e. The van der Waals surface area contributed by atoms with Gasteiger partial charge in [0.1, 0.15) is 17.1 Å². The summed E-state index contributed by atoms with van der Waals surface area (Å²) in [5, 5.41) is 43.2. The van der Waals surface area contributed by atoms with Gasteiger partial charge in [-0.1, -0.05) is 5.57 Å². The van der Waals surface area contributed by atoms with Gasteiger partial charge in [0.05, 0.1) is 11.7 Å². The van der Waals surface area contributed by atoms with Crippen LogP contribution in [-0.4, -0.2) is 37.7 Å². The van der Waals surface area contributed by atoms with Crippen LogP contribution in [0.15, 0.2) is 23.8 Å². The highest BCUT2D eigenvalue weighted by atomic mass is 16.5. The first-order valence-corrected chi connectivity index (χ1v) is 7.16. The van der Waals surface area contributed by atoms with Crippen molar-refractivity contribution >= 4 is 5.69 Å². The van der Waals surface area contributed by atoms with Crippen molar-refractivity contribution in [2.45, 2.75) is 50.1 Å². The van der Waals surface area contributed by atoms with E-state index in [1.165, 1.54) is 18.2 Å². The van der Waals surface area contributed by atoms with E-state index in [-0.39, 0.29) is 29.2 Å². The molecule has 0 fully saturated rings. The van der Waals surface area contributed by atoms with Gasteiger partial charge in [-0.2, -0.15) is 0 Å². The van der Waals surface area contributed by atoms with E-state index in [0.717, 1.165) is 0 Å². The molecule has 1 aromatic carbocycles. The fourth-order valence-corrected chi connectivity index (χ4v) is 3.79. The highest BCUT2D eigenvalue weighted by Gasteiger charge is 2.69. The second-order valence-corrected chi connectivity index (χ2v) is 6.77. The number of rotatable bonds is 0. The Bertz CT molecular complexity index is 683. The lowest BCUT2D eigenvalue weighted by Gasteiger charge is -2.58. The third-order valence-corrected chi connectivity index (χ3v) is 4.80. The molecule has 0 radical (unpaired) electrons. The first-order valence-electron chi connectivity index (χ1n) is 7.16. The molecule has 0 saturated carbocycles. The molecular weight excluding hydrogens is 286 g/mol. The lowest BCUT2D eigenvalue weighted by molar-refractivity contribution is -0.272. The van der Waals surface area contributed by atoms with Crippen LogP contribution in [0, 0.1) is 0 Å². The number of hydrogen-bond acceptors (Lipinski definition) is 6. The summed E-state index contributed by atoms with van der Waals surface area (Å²) in [6, 6.07) is 2.77. The van der Waals surface area contributed by atoms with Crippen LogP contribution in [0.4, 0.5) is 5.69 Å². The zero-order valence-electron chi connectivity index (χ0n) is 12.8. The normalized spacial score (nSPS) is 35.9. The number of anilines is 1. The van der Waals surface area contributed by atoms with Crippen molar-refractivity contribution in [1.29, 1.82) is 0 Å². The molecule has 120 valence electrons. The average molecular weight is 307 g/mol. The van der Waals surface area contributed by atoms with E-state index in [2.05, 4.69) is 0 Å². The zero-order valence-corrected chi connectivity index (χ0v) is 12.8. The van der Waals surface area contributed by atoms with Gasteiger partial charge in [0.25, 0.3) is 0 Å². The van der Waals surface area contributed by atoms with Crippen LogP contribution in [0.1, 0.15) is 32.8 Å². The first kappa shape index (κ1) is 15.1. The summed E-state index contributed by atoms with van der Waals surface area (Å²) in [5.74, 6) is -0.0996. The van der Waals surface area contributed by atoms with Gasteiger partial charge in [-0.05, 0) is 33.3 Å². The van der Waals surface area contributed by atoms with Crippen molar-refractivity contribution in [1.82, 2.24) is 0 Å². The molecule has 6 heteroatoms. The number of nitrogen functional groups attached to an aromatic ring is 1. The van der Waals surface area contributed by atoms with Crippen LogP contribution in [0.25, 0.3) is 0 Å². The molecule has 1 aliphatic heterocycles. The van der Waals surface area contributed by atoms with Crippen molar-refractivity contribution in [3.63, 3.8) is 0 Å². The molecule has 22 heavy (non-hydrogen) atoms. The van der Waals surface area contributed by atoms with Crippen LogP contribution in [0.5, 0.6) is 11.5 Å². The van der Waals surface area contributed by atoms with E-state index in [1.54, 1.807) is 20.8 Å². The molecule has 1 heterocycles. The van der Waals surface area contributed by atoms with E-state index >= 15 is 0 Å². The van der Waals surface area contributed by atoms with Gasteiger partial charge in [-0.15, -0.1) is 0 Å². The molecule has 3 unspecified atom stereocenters. The molecule has 2 aliphatic rings. The summed E-state index contributed by atoms with van der Waals surface area (Å²) >= 11 is 0. The summed E-state index contributed by atoms with van der Waals surface area (Å²) in [6.45, 7) is 4.91. The molecule has 0 spiro atoms. The maximum atomic E-state index is 11.3. The maximum absolute atomic E-state index is 11.3. The molecule has 6 N–H and O–H groups in total. The van der Waals surface area contributed by atoms with Crippen LogP contribution in [-0.2, 0) is 5.60 Å². The highest BCUT2D eigenvalue weighted by molar-refractivity contribution is 5.62. The second kappa shape index (κ2) is 4.16. The number of aromatic hydroxyl groups is 1. The van der Waals surface area contributed by atoms with E-state index in [1.807, 2.05) is 0 Å². The van der Waals surface area contributed by atoms with Gasteiger partial charge in [0, 0.05) is 17.8 Å². The highest BCUT2D eigenvalue weighted by Crippen LogP contribution is 2.58. The number of phenolic OH excluding ortho intramolecular Hbond substituents is 1. The fraction of sp³-hybridized carbons (Fsp3) is 0.500. The van der Waals surface area contributed by atoms with E-state index in [9.17, 15) is 20.4 Å². The number of hydrogen-bond donors (Lipinski definition) is 5. The molecule has 0 saturated heterocycles. The number of ether oxygens (including phenoxy) is 1. The standard InChI is InChI=1S/C16H21NO5/c1-8-4-12(19)16(21)14(2,3)22-11-6-9(17)5-10(18)13(11)15(16,20)7-8/h5-7,12,18-21H,4,17H2,1-3H3. The lowest BCUT2D eigenvalue weighted by atomic mass is 9.60. The quantitative estimate of drug-likeness (QED) is 0.357. The van der Waals surface area contributed by atoms with Gasteiger partial charge >= 0.3 is 0 Å². The molecule has 1 aliphatic carbocycles. The van der Waals surface area contributed by atoms with Crippen molar-refractivity contribution in [2.75, 3.05) is 5.73 Å². The zero-order chi connectivity index (χ0) is 16.5. The second-order valence-electron chi connectivity index (χ2n) is 6.77. The number of nitrogens with two attached hydrogens (primary N) is 1. The Kier molecular flexibility index (Phi) is 2.86. The van der Waals surface area contributed by atoms with Gasteiger partial charge < -0.3 is 30.9 Å². The number of aliphatic hydroxyl groups is 3. The third-order valence-electron chi connectivity index (χ3n) is 4.80. The Morgan fingerprint density at radius 2 is 1.91 bits per heavy atom. The summed E-state index contributed by atoms with van der Waals surface area (Å²) < 4.78 is 5.79. The van der Waals surface area contributed by atoms with Crippen molar-refractivity contribution < 1.29 is 25.2 Å². The van der Waals surface area contributed by atoms with Gasteiger partial charge in [-0.3, -0.25) is 0 Å². The lowest BCUT2D eigenvalue weighted by Crippen LogP contribution is -2.74. The minimum absolute atomic E-state index is 0.0154. The molecule has 0 amide bonds. The third kappa shape index (κ3) is 1.60. The van der Waals surface area contributed by atoms with Crippen LogP contribution >= 0.6 is 0 Å². The minimum atomic E-state index is -2.01. The van der Waals surface area contributed by atoms with Crippen molar-refractivity contribution in [3.8, 4) is 11.5 Å². The van der Waals surface area contributed by atoms with Crippen molar-refractivity contribution in [3.05, 3.63) is 29.3 Å². The predicted molar refractivity (Wildman–Crippen MR) is 80.5 cm³/mol. The Morgan fingerprint density at radius 3 is 2.55 bits per heavy atom. The summed E-state index contributed by atoms with van der Waals surface area (Å²) in [7, 11) is 0. The van der Waals surface area contributed by atoms with Gasteiger partial charge in [0.2, 0.25) is 0 Å². The van der Waals surface area contributed by atoms with E-state index < -0.39 is 22.9 Å². The smallest absolute Gasteiger partial charge is 0.166 e. The van der Waals surface area contributed by atoms with Crippen LogP contribution < -0.4 is 10.5 Å². The molecular formula is C16H21NO5. The summed E-state index contributed by atoms with van der Waals surface area (Å²) in [6.07, 6.45) is 0.428. The summed E-state index contributed by atoms with van der Waals surface area (Å²) in [5.41, 5.74) is 1.42. The Morgan fingerprint density at radius 1 is 1.27 bits per heavy atom. The maximum Gasteiger partial charge on any atom is 0.166 e. The number of phenols is 1. The molecule has 0 aromatic heterocycles. The topological polar surface area (TPSA) is 116 Å². The van der Waals surface area contributed by atoms with E-state index in [4.69, 9.17) is 10.5 Å². The molecule has 6 nitrogen and oxygen atoms in total. The Balaban J connectivity index is 2.40. The largest absolute Gasteiger partial charge is 0.507 e. The first-order chi connectivity index (χ1) is 10.0. The van der Waals surface area contributed by atoms with Crippen LogP contribution in [0.2, 0.25) is 0 Å². The SMILES string of the molecule is CC1=CC2(O)c3c(O)cc(N)cc3OC(C)(C)C2(O)C(O)C1. The average Bonchev–Trinajstić information content (AvgIpc) is 2.32. The number of benzene rings is 1. The molecule has 0 bridgehead atoms. The Labute approximate surface area is 128 Å². The predicted octanol–water partition coefficient (Wildman–Crippen LogP) is 0.775. The van der Waals surface area contributed by atoms with E-state index in [0.29, 0.717) is 5.57 Å². The molecule has 3 rings (SSSR count). The summed E-state index contributed by atoms with van der Waals surface area (Å²) in [4.78, 5) is 0. The molecule has 1 aromatic rings. The van der Waals surface area contributed by atoms with Crippen LogP contribution in [0.3, 0.4) is 0 Å². The van der Waals surface area contributed by atoms with Crippen molar-refractivity contribution in [2.24, 2.45) is 0 Å². The molecule has 3 atom stereocenters.